The fourth-order valence-electron chi connectivity index (χ4n) is 4.22. The van der Waals surface area contributed by atoms with Crippen LogP contribution in [0.25, 0.3) is 0 Å². The molecule has 0 rings (SSSR count). The first-order valence-corrected chi connectivity index (χ1v) is 27.1. The molecular weight excluding hydrogens is 577 g/mol. The van der Waals surface area contributed by atoms with Gasteiger partial charge in [-0.05, 0) is 71.5 Å². The van der Waals surface area contributed by atoms with Crippen molar-refractivity contribution in [1.29, 1.82) is 0 Å². The molecule has 0 spiro atoms. The Morgan fingerprint density at radius 3 is 1.12 bits per heavy atom. The lowest BCUT2D eigenvalue weighted by molar-refractivity contribution is 0.304. The normalized spacial score (nSPS) is 12.7. The Morgan fingerprint density at radius 1 is 0.450 bits per heavy atom. The minimum Gasteiger partial charge on any atom is -0.439 e. The summed E-state index contributed by atoms with van der Waals surface area (Å²) in [5.74, 6) is 0. The summed E-state index contributed by atoms with van der Waals surface area (Å²) >= 11 is 0. The van der Waals surface area contributed by atoms with Gasteiger partial charge < -0.3 is 16.5 Å². The largest absolute Gasteiger partial charge is 0.439 e. The highest BCUT2D eigenvalue weighted by Gasteiger charge is 2.43. The lowest BCUT2D eigenvalue weighted by atomic mass is 10.1. The zero-order valence-corrected chi connectivity index (χ0v) is 28.1. The molecule has 0 radical (unpaired) electrons. The van der Waals surface area contributed by atoms with Gasteiger partial charge in [0.25, 0.3) is 9.28 Å². The van der Waals surface area contributed by atoms with E-state index in [9.17, 15) is 0 Å². The smallest absolute Gasteiger partial charge is 0.317 e. The summed E-state index contributed by atoms with van der Waals surface area (Å²) in [5.41, 5.74) is 0. The highest BCUT2D eigenvalue weighted by Crippen LogP contribution is 2.27. The van der Waals surface area contributed by atoms with Gasteiger partial charge >= 0.3 is 17.1 Å². The van der Waals surface area contributed by atoms with Crippen LogP contribution in [0, 0.1) is 0 Å². The maximum atomic E-state index is 6.81. The van der Waals surface area contributed by atoms with E-state index >= 15 is 0 Å². The maximum absolute atomic E-state index is 6.81. The molecule has 2 atom stereocenters. The monoisotopic (exact) mass is 669 g/mol. The zero-order chi connectivity index (χ0) is 24.2. The van der Waals surface area contributed by atoms with Gasteiger partial charge in [0.05, 0.1) is 0 Å². The van der Waals surface area contributed by atoms with E-state index in [1.165, 1.54) is 64.2 Å². The summed E-state index contributed by atoms with van der Waals surface area (Å²) in [6.07, 6.45) is 13.5. The van der Waals surface area contributed by atoms with E-state index in [-0.39, 0.29) is 66.8 Å². The van der Waals surface area contributed by atoms with Crippen LogP contribution in [0.2, 0.25) is 71.5 Å². The average molecular weight is 670 g/mol. The van der Waals surface area contributed by atoms with Gasteiger partial charge in [-0.3, -0.25) is 0 Å². The van der Waals surface area contributed by atoms with Gasteiger partial charge in [0.1, 0.15) is 0 Å². The molecular formula is C31H92O4Si5. The second-order valence-corrected chi connectivity index (χ2v) is 30.4. The summed E-state index contributed by atoms with van der Waals surface area (Å²) in [5, 5.41) is 0. The fourth-order valence-corrected chi connectivity index (χ4v) is 24.6. The molecule has 9 heteroatoms. The molecule has 0 aliphatic carbocycles. The van der Waals surface area contributed by atoms with Crippen LogP contribution in [0.4, 0.5) is 0 Å². The van der Waals surface area contributed by atoms with Crippen molar-refractivity contribution >= 4 is 43.0 Å². The van der Waals surface area contributed by atoms with Crippen molar-refractivity contribution in [3.63, 3.8) is 0 Å². The molecule has 0 N–H and O–H groups in total. The molecule has 0 aliphatic heterocycles. The third-order valence-corrected chi connectivity index (χ3v) is 21.8. The molecule has 0 fully saturated rings. The van der Waals surface area contributed by atoms with E-state index < -0.39 is 43.0 Å². The van der Waals surface area contributed by atoms with E-state index in [2.05, 4.69) is 72.4 Å². The van der Waals surface area contributed by atoms with Gasteiger partial charge in [0.2, 0.25) is 0 Å². The van der Waals surface area contributed by atoms with Crippen LogP contribution in [0.15, 0.2) is 0 Å². The minimum absolute atomic E-state index is 0. The first-order chi connectivity index (χ1) is 14.1. The molecule has 260 valence electrons. The standard InChI is InChI=1S/C22H56O4Si5.9CH4/c1-12-13-14-15-16-17-18-19-20-21-22-31(11,24-27(2)23-28(3,4)5)26-30(9,10)25-29(6,7)8;;;;;;;;;/h27H,12-22H2,1-11H3;9*1H4. The molecule has 0 amide bonds. The fraction of sp³-hybridized carbons (Fsp3) is 1.00. The van der Waals surface area contributed by atoms with E-state index in [1.54, 1.807) is 0 Å². The molecule has 2 unspecified atom stereocenters. The molecule has 0 aromatic heterocycles. The van der Waals surface area contributed by atoms with Crippen molar-refractivity contribution in [2.45, 2.75) is 209 Å². The van der Waals surface area contributed by atoms with Crippen molar-refractivity contribution in [2.24, 2.45) is 0 Å². The Labute approximate surface area is 268 Å². The predicted molar refractivity (Wildman–Crippen MR) is 210 cm³/mol. The second kappa shape index (κ2) is 32.8. The maximum Gasteiger partial charge on any atom is 0.317 e. The summed E-state index contributed by atoms with van der Waals surface area (Å²) in [6.45, 7) is 24.6. The van der Waals surface area contributed by atoms with Crippen molar-refractivity contribution < 1.29 is 16.5 Å². The van der Waals surface area contributed by atoms with Crippen LogP contribution in [0.1, 0.15) is 138 Å². The quantitative estimate of drug-likeness (QED) is 0.101. The Bertz CT molecular complexity index is 470. The highest BCUT2D eigenvalue weighted by molar-refractivity contribution is 6.88. The Morgan fingerprint density at radius 2 is 0.800 bits per heavy atom. The van der Waals surface area contributed by atoms with Gasteiger partial charge in [-0.1, -0.05) is 138 Å². The van der Waals surface area contributed by atoms with Crippen LogP contribution in [-0.2, 0) is 16.5 Å². The topological polar surface area (TPSA) is 36.9 Å². The average Bonchev–Trinajstić information content (AvgIpc) is 2.51. The van der Waals surface area contributed by atoms with Gasteiger partial charge in [-0.25, -0.2) is 0 Å². The number of hydrogen-bond acceptors (Lipinski definition) is 4. The van der Waals surface area contributed by atoms with Crippen LogP contribution in [0.3, 0.4) is 0 Å². The van der Waals surface area contributed by atoms with Crippen molar-refractivity contribution in [3.8, 4) is 0 Å². The first-order valence-electron chi connectivity index (χ1n) is 12.8. The van der Waals surface area contributed by atoms with E-state index in [4.69, 9.17) is 16.5 Å². The molecule has 0 saturated carbocycles. The second-order valence-electron chi connectivity index (χ2n) is 11.7. The molecule has 0 heterocycles. The Balaban J connectivity index is -0.000000125. The summed E-state index contributed by atoms with van der Waals surface area (Å²) in [4.78, 5) is 0. The van der Waals surface area contributed by atoms with Crippen LogP contribution >= 0.6 is 0 Å². The number of rotatable bonds is 19. The molecule has 0 aromatic carbocycles. The van der Waals surface area contributed by atoms with Gasteiger partial charge in [-0.15, -0.1) is 0 Å². The van der Waals surface area contributed by atoms with E-state index in [0.717, 1.165) is 6.04 Å². The SMILES string of the molecule is C.C.C.C.C.C.C.C.C.CCCCCCCCCCCC[Si](C)(O[SiH](C)O[Si](C)(C)C)O[Si](C)(C)O[Si](C)(C)C. The molecule has 40 heavy (non-hydrogen) atoms. The third-order valence-electron chi connectivity index (χ3n) is 4.93. The van der Waals surface area contributed by atoms with Crippen molar-refractivity contribution in [2.75, 3.05) is 0 Å². The summed E-state index contributed by atoms with van der Waals surface area (Å²) in [7, 11) is -9.48. The number of unbranched alkanes of at least 4 members (excludes halogenated alkanes) is 9. The minimum atomic E-state index is -2.32. The third kappa shape index (κ3) is 43.4. The van der Waals surface area contributed by atoms with Gasteiger partial charge in [0.15, 0.2) is 16.6 Å². The molecule has 4 nitrogen and oxygen atoms in total. The van der Waals surface area contributed by atoms with Crippen LogP contribution in [0.5, 0.6) is 0 Å². The predicted octanol–water partition coefficient (Wildman–Crippen LogP) is 14.0. The van der Waals surface area contributed by atoms with Gasteiger partial charge in [0, 0.05) is 0 Å². The molecule has 0 bridgehead atoms. The first kappa shape index (κ1) is 68.2. The van der Waals surface area contributed by atoms with Crippen molar-refractivity contribution in [3.05, 3.63) is 0 Å². The summed E-state index contributed by atoms with van der Waals surface area (Å²) < 4.78 is 26.3. The van der Waals surface area contributed by atoms with Crippen molar-refractivity contribution in [1.82, 2.24) is 0 Å². The van der Waals surface area contributed by atoms with Crippen LogP contribution < -0.4 is 0 Å². The Hall–Kier alpha value is 0.924. The van der Waals surface area contributed by atoms with Gasteiger partial charge in [-0.2, -0.15) is 0 Å². The number of hydrogen-bond donors (Lipinski definition) is 0. The van der Waals surface area contributed by atoms with E-state index in [1.807, 2.05) is 0 Å². The molecule has 0 aromatic rings. The lowest BCUT2D eigenvalue weighted by Crippen LogP contribution is -2.56. The zero-order valence-electron chi connectivity index (χ0n) is 23.0. The lowest BCUT2D eigenvalue weighted by Gasteiger charge is -2.40. The van der Waals surface area contributed by atoms with E-state index in [0.29, 0.717) is 0 Å². The molecule has 0 saturated heterocycles. The Kier molecular flexibility index (Phi) is 56.0. The van der Waals surface area contributed by atoms with Crippen LogP contribution in [-0.4, -0.2) is 43.0 Å². The summed E-state index contributed by atoms with van der Waals surface area (Å²) in [6, 6.07) is 1.06. The molecule has 0 aliphatic rings. The highest BCUT2D eigenvalue weighted by atomic mass is 28.5.